The summed E-state index contributed by atoms with van der Waals surface area (Å²) in [5, 5.41) is 8.79. The van der Waals surface area contributed by atoms with Crippen molar-refractivity contribution in [2.24, 2.45) is 4.99 Å². The predicted octanol–water partition coefficient (Wildman–Crippen LogP) is 4.45. The summed E-state index contributed by atoms with van der Waals surface area (Å²) >= 11 is 0. The van der Waals surface area contributed by atoms with Gasteiger partial charge in [0.25, 0.3) is 0 Å². The number of aromatic nitrogens is 2. The third-order valence-corrected chi connectivity index (χ3v) is 5.33. The Hall–Kier alpha value is -2.88. The van der Waals surface area contributed by atoms with Crippen LogP contribution in [0.2, 0.25) is 0 Å². The van der Waals surface area contributed by atoms with Crippen molar-refractivity contribution in [3.63, 3.8) is 0 Å². The Morgan fingerprint density at radius 2 is 1.88 bits per heavy atom. The predicted molar refractivity (Wildman–Crippen MR) is 142 cm³/mol. The highest BCUT2D eigenvalue weighted by atomic mass is 127. The molecule has 0 unspecified atom stereocenters. The molecule has 4 aromatic rings. The van der Waals surface area contributed by atoms with Crippen molar-refractivity contribution in [2.45, 2.75) is 13.0 Å². The number of aromatic amines is 1. The minimum atomic E-state index is -0.222. The lowest BCUT2D eigenvalue weighted by Crippen LogP contribution is -2.37. The molecule has 0 saturated heterocycles. The van der Waals surface area contributed by atoms with E-state index in [0.29, 0.717) is 13.1 Å². The molecular formula is C24H28FIN6. The van der Waals surface area contributed by atoms with Crippen LogP contribution in [-0.4, -0.2) is 43.6 Å². The highest BCUT2D eigenvalue weighted by Gasteiger charge is 2.09. The van der Waals surface area contributed by atoms with Gasteiger partial charge in [-0.2, -0.15) is 0 Å². The van der Waals surface area contributed by atoms with Crippen molar-refractivity contribution in [3.8, 4) is 0 Å². The van der Waals surface area contributed by atoms with Gasteiger partial charge in [-0.1, -0.05) is 18.2 Å². The van der Waals surface area contributed by atoms with Gasteiger partial charge in [-0.25, -0.2) is 9.37 Å². The molecule has 168 valence electrons. The molecule has 6 nitrogen and oxygen atoms in total. The van der Waals surface area contributed by atoms with E-state index in [4.69, 9.17) is 4.98 Å². The molecule has 0 bridgehead atoms. The van der Waals surface area contributed by atoms with Crippen molar-refractivity contribution in [1.29, 1.82) is 0 Å². The summed E-state index contributed by atoms with van der Waals surface area (Å²) in [4.78, 5) is 14.3. The maximum absolute atomic E-state index is 13.6. The fourth-order valence-electron chi connectivity index (χ4n) is 3.68. The monoisotopic (exact) mass is 546 g/mol. The number of halogens is 2. The van der Waals surface area contributed by atoms with E-state index in [0.717, 1.165) is 51.1 Å². The minimum absolute atomic E-state index is 0. The summed E-state index contributed by atoms with van der Waals surface area (Å²) in [6, 6.07) is 15.1. The van der Waals surface area contributed by atoms with Crippen LogP contribution in [-0.2, 0) is 13.0 Å². The molecule has 2 heterocycles. The largest absolute Gasteiger partial charge is 0.363 e. The zero-order valence-electron chi connectivity index (χ0n) is 18.4. The van der Waals surface area contributed by atoms with E-state index < -0.39 is 0 Å². The molecule has 0 aliphatic carbocycles. The first kappa shape index (κ1) is 23.8. The topological polar surface area (TPSA) is 68.3 Å². The maximum Gasteiger partial charge on any atom is 0.191 e. The number of nitrogens with zero attached hydrogens (tertiary/aromatic N) is 3. The number of anilines is 1. The number of aliphatic imine (C=N–C) groups is 1. The van der Waals surface area contributed by atoms with E-state index in [2.05, 4.69) is 32.7 Å². The molecule has 4 rings (SSSR count). The summed E-state index contributed by atoms with van der Waals surface area (Å²) in [6.07, 6.45) is 2.70. The zero-order chi connectivity index (χ0) is 21.8. The Kier molecular flexibility index (Phi) is 7.89. The zero-order valence-corrected chi connectivity index (χ0v) is 20.8. The van der Waals surface area contributed by atoms with Gasteiger partial charge in [0.15, 0.2) is 5.96 Å². The Morgan fingerprint density at radius 3 is 2.66 bits per heavy atom. The lowest BCUT2D eigenvalue weighted by atomic mass is 10.1. The molecule has 2 aromatic carbocycles. The van der Waals surface area contributed by atoms with Crippen LogP contribution < -0.4 is 15.5 Å². The molecule has 0 atom stereocenters. The Bertz CT molecular complexity index is 1230. The minimum Gasteiger partial charge on any atom is -0.363 e. The van der Waals surface area contributed by atoms with Crippen molar-refractivity contribution < 1.29 is 4.39 Å². The number of hydrogen-bond acceptors (Lipinski definition) is 3. The van der Waals surface area contributed by atoms with E-state index >= 15 is 0 Å². The van der Waals surface area contributed by atoms with Gasteiger partial charge in [-0.3, -0.25) is 4.99 Å². The molecule has 0 aliphatic rings. The highest BCUT2D eigenvalue weighted by Crippen LogP contribution is 2.22. The second kappa shape index (κ2) is 10.6. The van der Waals surface area contributed by atoms with Crippen molar-refractivity contribution in [1.82, 2.24) is 20.6 Å². The third kappa shape index (κ3) is 5.29. The molecule has 0 amide bonds. The van der Waals surface area contributed by atoms with E-state index in [1.807, 2.05) is 43.4 Å². The molecule has 0 spiro atoms. The number of fused-ring (bicyclic) bond motifs is 2. The van der Waals surface area contributed by atoms with Crippen LogP contribution >= 0.6 is 24.0 Å². The van der Waals surface area contributed by atoms with Crippen LogP contribution in [0.3, 0.4) is 0 Å². The van der Waals surface area contributed by atoms with Gasteiger partial charge in [-0.05, 0) is 47.9 Å². The van der Waals surface area contributed by atoms with Crippen molar-refractivity contribution in [3.05, 3.63) is 71.7 Å². The van der Waals surface area contributed by atoms with E-state index in [-0.39, 0.29) is 29.8 Å². The number of para-hydroxylation sites is 1. The Labute approximate surface area is 204 Å². The number of nitrogens with one attached hydrogen (secondary N) is 3. The molecule has 0 fully saturated rings. The first-order valence-corrected chi connectivity index (χ1v) is 10.3. The Morgan fingerprint density at radius 1 is 1.06 bits per heavy atom. The van der Waals surface area contributed by atoms with E-state index in [1.165, 1.54) is 6.07 Å². The molecule has 0 saturated carbocycles. The van der Waals surface area contributed by atoms with Gasteiger partial charge in [0, 0.05) is 56.7 Å². The summed E-state index contributed by atoms with van der Waals surface area (Å²) in [6.45, 7) is 1.31. The molecule has 32 heavy (non-hydrogen) atoms. The van der Waals surface area contributed by atoms with E-state index in [1.54, 1.807) is 19.2 Å². The maximum atomic E-state index is 13.6. The highest BCUT2D eigenvalue weighted by molar-refractivity contribution is 14.0. The van der Waals surface area contributed by atoms with Crippen LogP contribution in [0.5, 0.6) is 0 Å². The Balaban J connectivity index is 0.00000289. The number of benzene rings is 2. The lowest BCUT2D eigenvalue weighted by molar-refractivity contribution is 0.629. The van der Waals surface area contributed by atoms with Crippen LogP contribution in [0.15, 0.2) is 59.7 Å². The van der Waals surface area contributed by atoms with Gasteiger partial charge in [0.1, 0.15) is 11.6 Å². The first-order chi connectivity index (χ1) is 15.0. The second-order valence-corrected chi connectivity index (χ2v) is 7.66. The molecule has 3 N–H and O–H groups in total. The first-order valence-electron chi connectivity index (χ1n) is 10.3. The molecule has 0 radical (unpaired) electrons. The van der Waals surface area contributed by atoms with Crippen molar-refractivity contribution in [2.75, 3.05) is 32.6 Å². The quantitative estimate of drug-likeness (QED) is 0.190. The SMILES string of the molecule is CN=C(NCCc1c[nH]c2ccc(F)cc12)NCc1cc(N(C)C)nc2ccccc12.I. The standard InChI is InChI=1S/C24H27FN6.HI/c1-26-24(27-11-10-16-14-28-21-9-8-18(25)13-20(16)21)29-15-17-12-23(31(2)3)30-22-7-5-4-6-19(17)22;/h4-9,12-14,28H,10-11,15H2,1-3H3,(H2,26,27,29);1H. The van der Waals surface area contributed by atoms with Crippen LogP contribution in [0.25, 0.3) is 21.8 Å². The summed E-state index contributed by atoms with van der Waals surface area (Å²) in [5.41, 5.74) is 4.15. The van der Waals surface area contributed by atoms with Gasteiger partial charge in [0.05, 0.1) is 5.52 Å². The van der Waals surface area contributed by atoms with Gasteiger partial charge >= 0.3 is 0 Å². The number of pyridine rings is 1. The number of guanidine groups is 1. The number of hydrogen-bond donors (Lipinski definition) is 3. The van der Waals surface area contributed by atoms with E-state index in [9.17, 15) is 4.39 Å². The smallest absolute Gasteiger partial charge is 0.191 e. The van der Waals surface area contributed by atoms with Crippen molar-refractivity contribution >= 4 is 57.6 Å². The number of H-pyrrole nitrogens is 1. The summed E-state index contributed by atoms with van der Waals surface area (Å²) in [7, 11) is 5.74. The van der Waals surface area contributed by atoms with Crippen LogP contribution in [0, 0.1) is 5.82 Å². The third-order valence-electron chi connectivity index (χ3n) is 5.33. The normalized spacial score (nSPS) is 11.4. The van der Waals surface area contributed by atoms with Crippen LogP contribution in [0.1, 0.15) is 11.1 Å². The summed E-state index contributed by atoms with van der Waals surface area (Å²) in [5.74, 6) is 1.42. The molecule has 8 heteroatoms. The van der Waals surface area contributed by atoms with Gasteiger partial charge < -0.3 is 20.5 Å². The summed E-state index contributed by atoms with van der Waals surface area (Å²) < 4.78 is 13.6. The van der Waals surface area contributed by atoms with Crippen LogP contribution in [0.4, 0.5) is 10.2 Å². The fourth-order valence-corrected chi connectivity index (χ4v) is 3.68. The molecule has 0 aliphatic heterocycles. The van der Waals surface area contributed by atoms with Gasteiger partial charge in [0.2, 0.25) is 0 Å². The number of rotatable bonds is 6. The second-order valence-electron chi connectivity index (χ2n) is 7.66. The molecule has 2 aromatic heterocycles. The fraction of sp³-hybridized carbons (Fsp3) is 0.250. The van der Waals surface area contributed by atoms with Gasteiger partial charge in [-0.15, -0.1) is 24.0 Å². The lowest BCUT2D eigenvalue weighted by Gasteiger charge is -2.17. The molecular weight excluding hydrogens is 518 g/mol. The average Bonchev–Trinajstić information content (AvgIpc) is 3.17. The average molecular weight is 546 g/mol.